The van der Waals surface area contributed by atoms with E-state index in [1.54, 1.807) is 0 Å². The van der Waals surface area contributed by atoms with E-state index in [4.69, 9.17) is 14.2 Å². The van der Waals surface area contributed by atoms with Crippen LogP contribution in [0.5, 0.6) is 0 Å². The third-order valence-corrected chi connectivity index (χ3v) is 14.3. The first-order chi connectivity index (χ1) is 39.0. The monoisotopic (exact) mass is 1100 g/mol. The minimum Gasteiger partial charge on any atom is -0.462 e. The van der Waals surface area contributed by atoms with Crippen molar-refractivity contribution in [1.29, 1.82) is 0 Å². The van der Waals surface area contributed by atoms with Crippen LogP contribution in [-0.4, -0.2) is 37.2 Å². The van der Waals surface area contributed by atoms with Crippen LogP contribution in [0.15, 0.2) is 109 Å². The summed E-state index contributed by atoms with van der Waals surface area (Å²) in [6, 6.07) is 0. The highest BCUT2D eigenvalue weighted by atomic mass is 16.6. The molecule has 0 spiro atoms. The molecule has 6 nitrogen and oxygen atoms in total. The normalized spacial score (nSPS) is 12.8. The topological polar surface area (TPSA) is 78.9 Å². The highest BCUT2D eigenvalue weighted by molar-refractivity contribution is 5.71. The van der Waals surface area contributed by atoms with Crippen LogP contribution in [0.1, 0.15) is 316 Å². The Bertz CT molecular complexity index is 1590. The molecule has 0 aliphatic heterocycles. The molecule has 0 aromatic carbocycles. The number of ether oxygens (including phenoxy) is 3. The lowest BCUT2D eigenvalue weighted by Gasteiger charge is -2.18. The number of hydrogen-bond donors (Lipinski definition) is 0. The summed E-state index contributed by atoms with van der Waals surface area (Å²) in [5, 5.41) is 0. The van der Waals surface area contributed by atoms with E-state index in [-0.39, 0.29) is 31.1 Å². The van der Waals surface area contributed by atoms with E-state index in [9.17, 15) is 14.4 Å². The molecular weight excluding hydrogens is 973 g/mol. The molecular formula is C73H124O6. The minimum atomic E-state index is -0.784. The molecule has 1 atom stereocenters. The predicted molar refractivity (Wildman–Crippen MR) is 343 cm³/mol. The lowest BCUT2D eigenvalue weighted by atomic mass is 10.0. The maximum atomic E-state index is 12.9. The van der Waals surface area contributed by atoms with Gasteiger partial charge in [0.25, 0.3) is 0 Å². The van der Waals surface area contributed by atoms with Gasteiger partial charge in [0.15, 0.2) is 6.10 Å². The molecule has 0 amide bonds. The van der Waals surface area contributed by atoms with Crippen molar-refractivity contribution in [3.8, 4) is 0 Å². The number of carbonyl (C=O) groups is 3. The Kier molecular flexibility index (Phi) is 63.3. The smallest absolute Gasteiger partial charge is 0.306 e. The van der Waals surface area contributed by atoms with Crippen molar-refractivity contribution in [2.45, 2.75) is 322 Å². The Morgan fingerprint density at radius 1 is 0.266 bits per heavy atom. The Morgan fingerprint density at radius 3 is 0.772 bits per heavy atom. The summed E-state index contributed by atoms with van der Waals surface area (Å²) >= 11 is 0. The van der Waals surface area contributed by atoms with Gasteiger partial charge in [-0.05, 0) is 89.9 Å². The summed E-state index contributed by atoms with van der Waals surface area (Å²) < 4.78 is 16.9. The molecule has 0 N–H and O–H groups in total. The van der Waals surface area contributed by atoms with Crippen LogP contribution in [0.2, 0.25) is 0 Å². The molecule has 79 heavy (non-hydrogen) atoms. The fraction of sp³-hybridized carbons (Fsp3) is 0.712. The Balaban J connectivity index is 4.27. The zero-order valence-electron chi connectivity index (χ0n) is 51.9. The van der Waals surface area contributed by atoms with Crippen LogP contribution in [0.25, 0.3) is 0 Å². The first kappa shape index (κ1) is 75.1. The molecule has 0 radical (unpaired) electrons. The summed E-state index contributed by atoms with van der Waals surface area (Å²) in [5.74, 6) is -0.889. The third-order valence-electron chi connectivity index (χ3n) is 14.3. The maximum absolute atomic E-state index is 12.9. The largest absolute Gasteiger partial charge is 0.462 e. The van der Waals surface area contributed by atoms with Gasteiger partial charge in [0.1, 0.15) is 13.2 Å². The zero-order valence-corrected chi connectivity index (χ0v) is 51.9. The molecule has 0 saturated heterocycles. The van der Waals surface area contributed by atoms with Crippen LogP contribution in [0, 0.1) is 0 Å². The molecule has 0 rings (SSSR count). The average Bonchev–Trinajstić information content (AvgIpc) is 3.45. The highest BCUT2D eigenvalue weighted by Crippen LogP contribution is 2.17. The number of unbranched alkanes of at least 4 members (excludes halogenated alkanes) is 31. The third kappa shape index (κ3) is 64.8. The first-order valence-corrected chi connectivity index (χ1v) is 33.4. The van der Waals surface area contributed by atoms with Gasteiger partial charge in [-0.2, -0.15) is 0 Å². The Morgan fingerprint density at radius 2 is 0.494 bits per heavy atom. The van der Waals surface area contributed by atoms with Gasteiger partial charge in [0, 0.05) is 19.3 Å². The number of esters is 3. The molecule has 1 unspecified atom stereocenters. The number of carbonyl (C=O) groups excluding carboxylic acids is 3. The van der Waals surface area contributed by atoms with E-state index in [0.717, 1.165) is 135 Å². The number of allylic oxidation sites excluding steroid dienone is 18. The van der Waals surface area contributed by atoms with Crippen molar-refractivity contribution in [3.63, 3.8) is 0 Å². The average molecular weight is 1100 g/mol. The molecule has 6 heteroatoms. The molecule has 0 heterocycles. The predicted octanol–water partition coefficient (Wildman–Crippen LogP) is 23.0. The van der Waals surface area contributed by atoms with Gasteiger partial charge in [-0.3, -0.25) is 14.4 Å². The van der Waals surface area contributed by atoms with Crippen molar-refractivity contribution in [2.75, 3.05) is 13.2 Å². The molecule has 0 aromatic rings. The molecule has 0 saturated carbocycles. The van der Waals surface area contributed by atoms with E-state index in [0.29, 0.717) is 19.3 Å². The van der Waals surface area contributed by atoms with Crippen molar-refractivity contribution in [3.05, 3.63) is 109 Å². The summed E-state index contributed by atoms with van der Waals surface area (Å²) in [6.45, 7) is 6.53. The van der Waals surface area contributed by atoms with Gasteiger partial charge in [0.05, 0.1) is 0 Å². The first-order valence-electron chi connectivity index (χ1n) is 33.4. The van der Waals surface area contributed by atoms with Crippen LogP contribution in [-0.2, 0) is 28.6 Å². The Labute approximate surface area is 489 Å². The van der Waals surface area contributed by atoms with Crippen molar-refractivity contribution in [1.82, 2.24) is 0 Å². The van der Waals surface area contributed by atoms with E-state index in [1.165, 1.54) is 141 Å². The molecule has 0 aliphatic carbocycles. The lowest BCUT2D eigenvalue weighted by molar-refractivity contribution is -0.167. The summed E-state index contributed by atoms with van der Waals surface area (Å²) in [6.07, 6.45) is 91.0. The molecule has 0 bridgehead atoms. The van der Waals surface area contributed by atoms with Crippen LogP contribution >= 0.6 is 0 Å². The van der Waals surface area contributed by atoms with Crippen LogP contribution in [0.3, 0.4) is 0 Å². The molecule has 0 aromatic heterocycles. The second-order valence-corrected chi connectivity index (χ2v) is 22.0. The minimum absolute atomic E-state index is 0.0800. The molecule has 0 aliphatic rings. The lowest BCUT2D eigenvalue weighted by Crippen LogP contribution is -2.30. The van der Waals surface area contributed by atoms with Gasteiger partial charge in [-0.15, -0.1) is 0 Å². The van der Waals surface area contributed by atoms with E-state index >= 15 is 0 Å². The van der Waals surface area contributed by atoms with Gasteiger partial charge in [0.2, 0.25) is 0 Å². The van der Waals surface area contributed by atoms with Gasteiger partial charge in [-0.1, -0.05) is 316 Å². The fourth-order valence-electron chi connectivity index (χ4n) is 9.32. The second-order valence-electron chi connectivity index (χ2n) is 22.0. The van der Waals surface area contributed by atoms with Gasteiger partial charge < -0.3 is 14.2 Å². The standard InChI is InChI=1S/C73H124O6/c1-4-7-10-13-16-19-22-24-26-28-29-30-31-32-33-34-35-36-37-38-39-40-41-42-43-45-46-48-51-54-57-60-63-66-72(75)78-69-70(68-77-71(74)65-62-59-56-53-50-21-18-15-12-9-6-3)79-73(76)67-64-61-58-55-52-49-47-44-27-25-23-20-17-14-11-8-5-2/h7,10,16,19,24,26,29-30,32-33,35-36,38-39,41-42,45-46,70H,4-6,8-9,11-15,17-18,20-23,25,27-28,31,34,37,40,43-44,47-69H2,1-3H3/b10-7-,19-16-,26-24-,30-29-,33-32-,36-35-,39-38-,42-41-,46-45-. The van der Waals surface area contributed by atoms with Crippen molar-refractivity contribution < 1.29 is 28.6 Å². The molecule has 0 fully saturated rings. The Hall–Kier alpha value is -3.93. The van der Waals surface area contributed by atoms with E-state index in [1.807, 2.05) is 0 Å². The zero-order chi connectivity index (χ0) is 57.1. The SMILES string of the molecule is CC/C=C\C/C=C\C/C=C\C/C=C\C/C=C\C/C=C\C/C=C\C/C=C\C/C=C\CCCCCCCC(=O)OCC(COC(=O)CCCCCCCCCCCCC)OC(=O)CCCCCCCCCCCCCCCCCCC. The number of hydrogen-bond acceptors (Lipinski definition) is 6. The van der Waals surface area contributed by atoms with Crippen molar-refractivity contribution >= 4 is 17.9 Å². The van der Waals surface area contributed by atoms with Crippen molar-refractivity contribution in [2.24, 2.45) is 0 Å². The fourth-order valence-corrected chi connectivity index (χ4v) is 9.32. The van der Waals surface area contributed by atoms with Gasteiger partial charge >= 0.3 is 17.9 Å². The molecule has 452 valence electrons. The summed E-state index contributed by atoms with van der Waals surface area (Å²) in [4.78, 5) is 38.3. The van der Waals surface area contributed by atoms with Gasteiger partial charge in [-0.25, -0.2) is 0 Å². The van der Waals surface area contributed by atoms with E-state index < -0.39 is 6.10 Å². The van der Waals surface area contributed by atoms with Crippen LogP contribution < -0.4 is 0 Å². The summed E-state index contributed by atoms with van der Waals surface area (Å²) in [5.41, 5.74) is 0. The van der Waals surface area contributed by atoms with Crippen LogP contribution in [0.4, 0.5) is 0 Å². The highest BCUT2D eigenvalue weighted by Gasteiger charge is 2.19. The summed E-state index contributed by atoms with van der Waals surface area (Å²) in [7, 11) is 0. The number of rotatable bonds is 60. The quantitative estimate of drug-likeness (QED) is 0.0261. The van der Waals surface area contributed by atoms with E-state index in [2.05, 4.69) is 130 Å². The maximum Gasteiger partial charge on any atom is 0.306 e. The second kappa shape index (κ2) is 66.6.